The minimum absolute atomic E-state index is 0.133. The largest absolute Gasteiger partial charge is 0.427 e. The molecule has 3 amide bonds. The first-order valence-corrected chi connectivity index (χ1v) is 10.0. The molecule has 1 unspecified atom stereocenters. The Morgan fingerprint density at radius 2 is 1.67 bits per heavy atom. The fourth-order valence-corrected chi connectivity index (χ4v) is 3.48. The van der Waals surface area contributed by atoms with Crippen LogP contribution in [0.15, 0.2) is 48.5 Å². The summed E-state index contributed by atoms with van der Waals surface area (Å²) in [5.41, 5.74) is 0.416. The molecule has 2 aromatic carbocycles. The average Bonchev–Trinajstić information content (AvgIpc) is 3.08. The topological polar surface area (TPSA) is 102 Å². The second-order valence-corrected chi connectivity index (χ2v) is 7.24. The lowest BCUT2D eigenvalue weighted by Crippen LogP contribution is -2.49. The van der Waals surface area contributed by atoms with E-state index < -0.39 is 41.8 Å². The number of imide groups is 1. The molecule has 0 radical (unpaired) electrons. The number of amides is 3. The summed E-state index contributed by atoms with van der Waals surface area (Å²) in [5.74, 6) is -2.45. The smallest absolute Gasteiger partial charge is 0.308 e. The number of nitrogens with zero attached hydrogens (tertiary/aromatic N) is 2. The highest BCUT2D eigenvalue weighted by Gasteiger charge is 2.45. The van der Waals surface area contributed by atoms with Crippen LogP contribution in [0, 0.1) is 5.82 Å². The number of hydrogen-bond donors (Lipinski definition) is 0. The Balaban J connectivity index is 1.89. The molecule has 1 saturated heterocycles. The summed E-state index contributed by atoms with van der Waals surface area (Å²) in [6.45, 7) is 1.12. The van der Waals surface area contributed by atoms with Gasteiger partial charge in [0.2, 0.25) is 5.91 Å². The van der Waals surface area contributed by atoms with Crippen molar-refractivity contribution in [3.8, 4) is 5.75 Å². The summed E-state index contributed by atoms with van der Waals surface area (Å²) in [5, 5.41) is 0. The predicted octanol–water partition coefficient (Wildman–Crippen LogP) is 2.14. The van der Waals surface area contributed by atoms with E-state index in [0.29, 0.717) is 0 Å². The fraction of sp³-hybridized carbons (Fsp3) is 0.304. The Bertz CT molecular complexity index is 1040. The van der Waals surface area contributed by atoms with Gasteiger partial charge in [0.25, 0.3) is 11.8 Å². The first-order chi connectivity index (χ1) is 15.7. The summed E-state index contributed by atoms with van der Waals surface area (Å²) in [4.78, 5) is 52.5. The van der Waals surface area contributed by atoms with Crippen molar-refractivity contribution >= 4 is 29.4 Å². The van der Waals surface area contributed by atoms with Gasteiger partial charge in [-0.2, -0.15) is 0 Å². The van der Waals surface area contributed by atoms with E-state index in [1.807, 2.05) is 0 Å². The van der Waals surface area contributed by atoms with Crippen molar-refractivity contribution in [2.45, 2.75) is 25.7 Å². The summed E-state index contributed by atoms with van der Waals surface area (Å²) in [6.07, 6.45) is -1.10. The Kier molecular flexibility index (Phi) is 7.52. The standard InChI is InChI=1S/C23H23FN2O7/c1-14(27)33-18-10-8-17(9-11-18)26-20(28)12-19(23(26)30)25(13-21(31-2)32-3)22(29)15-4-6-16(24)7-5-15/h4-11,19,21H,12-13H2,1-3H3. The van der Waals surface area contributed by atoms with Gasteiger partial charge in [-0.15, -0.1) is 0 Å². The number of carbonyl (C=O) groups excluding carboxylic acids is 4. The molecule has 0 bridgehead atoms. The van der Waals surface area contributed by atoms with Crippen LogP contribution in [0.25, 0.3) is 0 Å². The second-order valence-electron chi connectivity index (χ2n) is 7.24. The van der Waals surface area contributed by atoms with E-state index in [9.17, 15) is 23.6 Å². The molecule has 1 aliphatic heterocycles. The second kappa shape index (κ2) is 10.3. The van der Waals surface area contributed by atoms with Crippen LogP contribution in [0.2, 0.25) is 0 Å². The van der Waals surface area contributed by atoms with E-state index in [0.717, 1.165) is 17.0 Å². The number of methoxy groups -OCH3 is 2. The molecule has 10 heteroatoms. The molecule has 3 rings (SSSR count). The van der Waals surface area contributed by atoms with Crippen molar-refractivity contribution in [1.82, 2.24) is 4.90 Å². The third kappa shape index (κ3) is 5.41. The Morgan fingerprint density at radius 3 is 2.21 bits per heavy atom. The molecule has 1 aliphatic rings. The van der Waals surface area contributed by atoms with Crippen LogP contribution in [0.4, 0.5) is 10.1 Å². The van der Waals surface area contributed by atoms with Gasteiger partial charge in [-0.1, -0.05) is 0 Å². The first-order valence-electron chi connectivity index (χ1n) is 10.0. The number of halogens is 1. The monoisotopic (exact) mass is 458 g/mol. The first kappa shape index (κ1) is 24.0. The number of ether oxygens (including phenoxy) is 3. The maximum absolute atomic E-state index is 13.3. The minimum Gasteiger partial charge on any atom is -0.427 e. The van der Waals surface area contributed by atoms with E-state index in [4.69, 9.17) is 14.2 Å². The van der Waals surface area contributed by atoms with Gasteiger partial charge in [0.1, 0.15) is 17.6 Å². The molecular formula is C23H23FN2O7. The van der Waals surface area contributed by atoms with E-state index in [-0.39, 0.29) is 30.0 Å². The highest BCUT2D eigenvalue weighted by molar-refractivity contribution is 6.23. The maximum Gasteiger partial charge on any atom is 0.308 e. The lowest BCUT2D eigenvalue weighted by Gasteiger charge is -2.30. The summed E-state index contributed by atoms with van der Waals surface area (Å²) < 4.78 is 28.7. The van der Waals surface area contributed by atoms with E-state index in [1.54, 1.807) is 0 Å². The summed E-state index contributed by atoms with van der Waals surface area (Å²) >= 11 is 0. The van der Waals surface area contributed by atoms with Crippen molar-refractivity contribution in [2.75, 3.05) is 25.7 Å². The molecule has 2 aromatic rings. The molecule has 1 atom stereocenters. The number of anilines is 1. The third-order valence-corrected chi connectivity index (χ3v) is 5.08. The molecule has 0 spiro atoms. The van der Waals surface area contributed by atoms with Gasteiger partial charge < -0.3 is 19.1 Å². The zero-order valence-electron chi connectivity index (χ0n) is 18.3. The maximum atomic E-state index is 13.3. The van der Waals surface area contributed by atoms with Gasteiger partial charge in [-0.3, -0.25) is 19.2 Å². The van der Waals surface area contributed by atoms with Crippen molar-refractivity contribution < 1.29 is 37.8 Å². The molecular weight excluding hydrogens is 435 g/mol. The number of hydrogen-bond acceptors (Lipinski definition) is 7. The zero-order chi connectivity index (χ0) is 24.1. The van der Waals surface area contributed by atoms with Gasteiger partial charge in [-0.25, -0.2) is 9.29 Å². The molecule has 1 fully saturated rings. The molecule has 174 valence electrons. The summed E-state index contributed by atoms with van der Waals surface area (Å²) in [6, 6.07) is 9.60. The average molecular weight is 458 g/mol. The molecule has 0 saturated carbocycles. The Morgan fingerprint density at radius 1 is 1.06 bits per heavy atom. The quantitative estimate of drug-likeness (QED) is 0.258. The van der Waals surface area contributed by atoms with Gasteiger partial charge in [0.15, 0.2) is 6.29 Å². The van der Waals surface area contributed by atoms with Crippen LogP contribution in [0.5, 0.6) is 5.75 Å². The van der Waals surface area contributed by atoms with Crippen LogP contribution in [0.1, 0.15) is 23.7 Å². The van der Waals surface area contributed by atoms with Crippen LogP contribution in [-0.4, -0.2) is 61.7 Å². The minimum atomic E-state index is -1.11. The Hall–Kier alpha value is -3.63. The molecule has 0 N–H and O–H groups in total. The van der Waals surface area contributed by atoms with Crippen molar-refractivity contribution in [3.05, 3.63) is 59.9 Å². The van der Waals surface area contributed by atoms with E-state index in [1.165, 1.54) is 62.4 Å². The number of carbonyl (C=O) groups is 4. The summed E-state index contributed by atoms with van der Waals surface area (Å²) in [7, 11) is 2.76. The zero-order valence-corrected chi connectivity index (χ0v) is 18.3. The van der Waals surface area contributed by atoms with Gasteiger partial charge in [0.05, 0.1) is 18.7 Å². The number of rotatable bonds is 8. The molecule has 0 aromatic heterocycles. The van der Waals surface area contributed by atoms with E-state index in [2.05, 4.69) is 0 Å². The van der Waals surface area contributed by atoms with Crippen LogP contribution in [-0.2, 0) is 23.9 Å². The molecule has 1 heterocycles. The third-order valence-electron chi connectivity index (χ3n) is 5.08. The van der Waals surface area contributed by atoms with Crippen molar-refractivity contribution in [2.24, 2.45) is 0 Å². The van der Waals surface area contributed by atoms with Gasteiger partial charge >= 0.3 is 5.97 Å². The molecule has 9 nitrogen and oxygen atoms in total. The van der Waals surface area contributed by atoms with Crippen LogP contribution >= 0.6 is 0 Å². The van der Waals surface area contributed by atoms with Crippen LogP contribution in [0.3, 0.4) is 0 Å². The lowest BCUT2D eigenvalue weighted by molar-refractivity contribution is -0.132. The molecule has 0 aliphatic carbocycles. The van der Waals surface area contributed by atoms with Gasteiger partial charge in [-0.05, 0) is 48.5 Å². The van der Waals surface area contributed by atoms with Gasteiger partial charge in [0, 0.05) is 26.7 Å². The highest BCUT2D eigenvalue weighted by atomic mass is 19.1. The predicted molar refractivity (Wildman–Crippen MR) is 114 cm³/mol. The lowest BCUT2D eigenvalue weighted by atomic mass is 10.1. The number of esters is 1. The number of benzene rings is 2. The Labute approximate surface area is 189 Å². The normalized spacial score (nSPS) is 15.8. The van der Waals surface area contributed by atoms with Crippen LogP contribution < -0.4 is 9.64 Å². The highest BCUT2D eigenvalue weighted by Crippen LogP contribution is 2.28. The SMILES string of the molecule is COC(CN(C(=O)c1ccc(F)cc1)C1CC(=O)N(c2ccc(OC(C)=O)cc2)C1=O)OC. The molecule has 33 heavy (non-hydrogen) atoms. The van der Waals surface area contributed by atoms with E-state index >= 15 is 0 Å². The fourth-order valence-electron chi connectivity index (χ4n) is 3.48. The van der Waals surface area contributed by atoms with Crippen molar-refractivity contribution in [1.29, 1.82) is 0 Å². The van der Waals surface area contributed by atoms with Crippen molar-refractivity contribution in [3.63, 3.8) is 0 Å².